The number of aromatic nitrogens is 4. The number of carbonyl (C=O) groups is 1. The first-order chi connectivity index (χ1) is 20.2. The highest BCUT2D eigenvalue weighted by Crippen LogP contribution is 2.24. The number of alkyl halides is 3. The van der Waals surface area contributed by atoms with Crippen molar-refractivity contribution in [1.29, 1.82) is 0 Å². The number of aliphatic imine (C=N–C) groups is 1. The molecule has 0 saturated carbocycles. The Morgan fingerprint density at radius 1 is 1.10 bits per heavy atom. The van der Waals surface area contributed by atoms with Gasteiger partial charge in [0.05, 0.1) is 6.42 Å². The van der Waals surface area contributed by atoms with Crippen molar-refractivity contribution in [2.24, 2.45) is 4.99 Å². The lowest BCUT2D eigenvalue weighted by Crippen LogP contribution is -2.23. The van der Waals surface area contributed by atoms with Crippen LogP contribution in [0.1, 0.15) is 28.2 Å². The Morgan fingerprint density at radius 3 is 2.67 bits per heavy atom. The van der Waals surface area contributed by atoms with Gasteiger partial charge in [-0.05, 0) is 58.5 Å². The average molecular weight is 625 g/mol. The molecule has 1 amide bonds. The highest BCUT2D eigenvalue weighted by atomic mass is 35.5. The van der Waals surface area contributed by atoms with Crippen LogP contribution in [0.2, 0.25) is 5.02 Å². The van der Waals surface area contributed by atoms with Gasteiger partial charge in [-0.15, -0.1) is 23.4 Å². The number of hydroxylamine groups is 1. The van der Waals surface area contributed by atoms with Crippen LogP contribution in [-0.2, 0) is 24.1 Å². The predicted octanol–water partition coefficient (Wildman–Crippen LogP) is 4.67. The zero-order valence-electron chi connectivity index (χ0n) is 21.7. The molecule has 0 aliphatic rings. The van der Waals surface area contributed by atoms with E-state index in [9.17, 15) is 23.2 Å². The second-order valence-corrected chi connectivity index (χ2v) is 10.1. The molecule has 0 bridgehead atoms. The molecule has 4 N–H and O–H groups in total. The minimum Gasteiger partial charge on any atom is -0.406 e. The Morgan fingerprint density at radius 2 is 1.90 bits per heavy atom. The first kappa shape index (κ1) is 30.7. The molecule has 12 nitrogen and oxygen atoms in total. The van der Waals surface area contributed by atoms with E-state index in [0.717, 1.165) is 17.7 Å². The number of hydrogen-bond acceptors (Lipinski definition) is 11. The number of anilines is 2. The largest absolute Gasteiger partial charge is 0.573 e. The topological polar surface area (TPSA) is 160 Å². The summed E-state index contributed by atoms with van der Waals surface area (Å²) in [6, 6.07) is 12.6. The molecule has 2 heterocycles. The third kappa shape index (κ3) is 9.67. The van der Waals surface area contributed by atoms with Crippen LogP contribution in [0.25, 0.3) is 0 Å². The van der Waals surface area contributed by atoms with E-state index in [0.29, 0.717) is 47.9 Å². The zero-order valence-corrected chi connectivity index (χ0v) is 23.3. The first-order valence-electron chi connectivity index (χ1n) is 12.4. The Kier molecular flexibility index (Phi) is 10.6. The molecule has 0 aliphatic carbocycles. The van der Waals surface area contributed by atoms with Crippen molar-refractivity contribution in [3.05, 3.63) is 75.4 Å². The first-order valence-corrected chi connectivity index (χ1v) is 13.6. The number of nitrogens with zero attached hydrogens (tertiary/aromatic N) is 5. The molecule has 4 rings (SSSR count). The summed E-state index contributed by atoms with van der Waals surface area (Å²) in [6.45, 7) is 0.813. The molecule has 17 heteroatoms. The SMILES string of the molecule is O=C(Cc1cccc(OC(F)(F)F)c1)Nc1nnc(CCCNc2nonc2C(=NCCc2ccc(Cl)cc2)NO)s1. The van der Waals surface area contributed by atoms with E-state index < -0.39 is 18.0 Å². The minimum absolute atomic E-state index is 0.0943. The van der Waals surface area contributed by atoms with Crippen molar-refractivity contribution in [1.82, 2.24) is 26.0 Å². The van der Waals surface area contributed by atoms with Gasteiger partial charge in [0.1, 0.15) is 10.8 Å². The fraction of sp³-hybridized carbons (Fsp3) is 0.280. The van der Waals surface area contributed by atoms with E-state index in [2.05, 4.69) is 40.9 Å². The number of rotatable bonds is 13. The van der Waals surface area contributed by atoms with Gasteiger partial charge in [-0.3, -0.25) is 20.5 Å². The highest BCUT2D eigenvalue weighted by molar-refractivity contribution is 7.15. The molecular formula is C25H24ClF3N8O4S. The molecule has 42 heavy (non-hydrogen) atoms. The number of halogens is 4. The minimum atomic E-state index is -4.82. The summed E-state index contributed by atoms with van der Waals surface area (Å²) in [6.07, 6.45) is -3.24. The molecule has 0 unspecified atom stereocenters. The van der Waals surface area contributed by atoms with Crippen LogP contribution in [0.5, 0.6) is 5.75 Å². The maximum Gasteiger partial charge on any atom is 0.573 e. The van der Waals surface area contributed by atoms with Crippen LogP contribution < -0.4 is 20.9 Å². The summed E-state index contributed by atoms with van der Waals surface area (Å²) in [5.41, 5.74) is 3.61. The number of carbonyl (C=O) groups excluding carboxylic acids is 1. The predicted molar refractivity (Wildman–Crippen MR) is 148 cm³/mol. The van der Waals surface area contributed by atoms with Crippen molar-refractivity contribution < 1.29 is 32.5 Å². The van der Waals surface area contributed by atoms with Crippen LogP contribution in [0.4, 0.5) is 24.1 Å². The molecular weight excluding hydrogens is 601 g/mol. The Bertz CT molecular complexity index is 1500. The van der Waals surface area contributed by atoms with Crippen LogP contribution in [0, 0.1) is 0 Å². The lowest BCUT2D eigenvalue weighted by molar-refractivity contribution is -0.274. The molecule has 4 aromatic rings. The van der Waals surface area contributed by atoms with E-state index in [1.165, 1.54) is 23.5 Å². The third-order valence-corrected chi connectivity index (χ3v) is 6.62. The monoisotopic (exact) mass is 624 g/mol. The molecule has 0 spiro atoms. The highest BCUT2D eigenvalue weighted by Gasteiger charge is 2.31. The number of nitrogens with one attached hydrogen (secondary N) is 3. The van der Waals surface area contributed by atoms with Gasteiger partial charge in [-0.2, -0.15) is 0 Å². The Labute approximate surface area is 245 Å². The number of ether oxygens (including phenoxy) is 1. The smallest absolute Gasteiger partial charge is 0.406 e. The summed E-state index contributed by atoms with van der Waals surface area (Å²) < 4.78 is 46.0. The molecule has 2 aromatic heterocycles. The van der Waals surface area contributed by atoms with Gasteiger partial charge in [0, 0.05) is 24.5 Å². The molecule has 0 atom stereocenters. The quantitative estimate of drug-likeness (QED) is 0.0712. The average Bonchev–Trinajstić information content (AvgIpc) is 3.59. The van der Waals surface area contributed by atoms with Crippen molar-refractivity contribution in [2.75, 3.05) is 23.7 Å². The molecule has 222 valence electrons. The number of aryl methyl sites for hydroxylation is 1. The Hall–Kier alpha value is -4.28. The normalized spacial score (nSPS) is 11.8. The van der Waals surface area contributed by atoms with Crippen LogP contribution in [0.15, 0.2) is 58.2 Å². The lowest BCUT2D eigenvalue weighted by Gasteiger charge is -2.09. The number of benzene rings is 2. The number of amides is 1. The maximum absolute atomic E-state index is 12.4. The number of hydrogen-bond donors (Lipinski definition) is 4. The third-order valence-electron chi connectivity index (χ3n) is 5.47. The summed E-state index contributed by atoms with van der Waals surface area (Å²) in [7, 11) is 0. The second kappa shape index (κ2) is 14.6. The van der Waals surface area contributed by atoms with Crippen LogP contribution in [-0.4, -0.2) is 56.9 Å². The van der Waals surface area contributed by atoms with Gasteiger partial charge in [0.15, 0.2) is 11.5 Å². The fourth-order valence-electron chi connectivity index (χ4n) is 3.62. The van der Waals surface area contributed by atoms with E-state index >= 15 is 0 Å². The lowest BCUT2D eigenvalue weighted by atomic mass is 10.1. The van der Waals surface area contributed by atoms with Gasteiger partial charge in [-0.1, -0.05) is 47.2 Å². The summed E-state index contributed by atoms with van der Waals surface area (Å²) in [4.78, 5) is 16.7. The molecule has 0 fully saturated rings. The van der Waals surface area contributed by atoms with Crippen molar-refractivity contribution in [3.63, 3.8) is 0 Å². The Balaban J connectivity index is 1.21. The second-order valence-electron chi connectivity index (χ2n) is 8.63. The fourth-order valence-corrected chi connectivity index (χ4v) is 4.55. The van der Waals surface area contributed by atoms with Crippen LogP contribution >= 0.6 is 22.9 Å². The van der Waals surface area contributed by atoms with Crippen LogP contribution in [0.3, 0.4) is 0 Å². The van der Waals surface area contributed by atoms with E-state index in [4.69, 9.17) is 16.2 Å². The number of amidine groups is 1. The van der Waals surface area contributed by atoms with Gasteiger partial charge in [0.2, 0.25) is 16.9 Å². The summed E-state index contributed by atoms with van der Waals surface area (Å²) in [5, 5.41) is 32.4. The van der Waals surface area contributed by atoms with Gasteiger partial charge >= 0.3 is 6.36 Å². The van der Waals surface area contributed by atoms with E-state index in [-0.39, 0.29) is 28.9 Å². The van der Waals surface area contributed by atoms with Crippen molar-refractivity contribution in [2.45, 2.75) is 32.0 Å². The molecule has 2 aromatic carbocycles. The maximum atomic E-state index is 12.4. The molecule has 0 aliphatic heterocycles. The van der Waals surface area contributed by atoms with Gasteiger partial charge in [-0.25, -0.2) is 4.63 Å². The standard InChI is InChI=1S/C25H24ClF3N8O4S/c26-17-8-6-15(7-9-17)10-12-31-22(35-39)21-23(37-41-36-21)30-11-2-5-20-33-34-24(42-20)32-19(38)14-16-3-1-4-18(13-16)40-25(27,28)29/h1,3-4,6-9,13,39H,2,5,10-12,14H2,(H,30,37)(H,31,35)(H,32,34,38). The molecule has 0 saturated heterocycles. The van der Waals surface area contributed by atoms with Gasteiger partial charge in [0.25, 0.3) is 0 Å². The van der Waals surface area contributed by atoms with E-state index in [1.54, 1.807) is 12.1 Å². The summed E-state index contributed by atoms with van der Waals surface area (Å²) in [5.74, 6) is -0.482. The van der Waals surface area contributed by atoms with E-state index in [1.807, 2.05) is 17.6 Å². The van der Waals surface area contributed by atoms with Crippen molar-refractivity contribution in [3.8, 4) is 5.75 Å². The van der Waals surface area contributed by atoms with Gasteiger partial charge < -0.3 is 15.4 Å². The zero-order chi connectivity index (χ0) is 30.0. The molecule has 0 radical (unpaired) electrons. The van der Waals surface area contributed by atoms with Crippen molar-refractivity contribution >= 4 is 45.6 Å². The summed E-state index contributed by atoms with van der Waals surface area (Å²) >= 11 is 7.08.